The Bertz CT molecular complexity index is 646. The third kappa shape index (κ3) is 4.16. The van der Waals surface area contributed by atoms with E-state index >= 15 is 0 Å². The largest absolute Gasteiger partial charge is 0.378 e. The van der Waals surface area contributed by atoms with Crippen LogP contribution in [0.5, 0.6) is 0 Å². The second-order valence-electron chi connectivity index (χ2n) is 4.80. The minimum absolute atomic E-state index is 0.206. The molecule has 1 aromatic heterocycles. The van der Waals surface area contributed by atoms with E-state index in [9.17, 15) is 4.79 Å². The van der Waals surface area contributed by atoms with Crippen molar-refractivity contribution in [3.05, 3.63) is 51.7 Å². The average Bonchev–Trinajstić information content (AvgIpc) is 2.95. The van der Waals surface area contributed by atoms with Crippen LogP contribution in [0.2, 0.25) is 0 Å². The van der Waals surface area contributed by atoms with Crippen molar-refractivity contribution in [2.75, 3.05) is 19.0 Å². The van der Waals surface area contributed by atoms with Crippen LogP contribution in [0.4, 0.5) is 5.69 Å². The number of carbonyl (C=O) groups is 1. The summed E-state index contributed by atoms with van der Waals surface area (Å²) >= 11 is 1.68. The molecule has 1 amide bonds. The number of thiophene rings is 1. The maximum atomic E-state index is 12.0. The number of benzene rings is 1. The van der Waals surface area contributed by atoms with Gasteiger partial charge >= 0.3 is 0 Å². The summed E-state index contributed by atoms with van der Waals surface area (Å²) in [6, 6.07) is 11.5. The summed E-state index contributed by atoms with van der Waals surface area (Å²) in [6.07, 6.45) is 2.69. The number of anilines is 1. The van der Waals surface area contributed by atoms with Crippen molar-refractivity contribution >= 4 is 29.1 Å². The molecule has 1 heterocycles. The number of rotatable bonds is 5. The van der Waals surface area contributed by atoms with E-state index in [4.69, 9.17) is 0 Å². The molecule has 0 saturated heterocycles. The number of nitrogens with one attached hydrogen (secondary N) is 1. The third-order valence-electron chi connectivity index (χ3n) is 3.01. The monoisotopic (exact) mass is 301 g/mol. The number of carbonyl (C=O) groups excluding carboxylic acids is 1. The van der Waals surface area contributed by atoms with Gasteiger partial charge in [0, 0.05) is 35.1 Å². The van der Waals surface area contributed by atoms with Gasteiger partial charge in [0.1, 0.15) is 0 Å². The topological polar surface area (TPSA) is 44.7 Å². The van der Waals surface area contributed by atoms with Crippen molar-refractivity contribution in [3.8, 4) is 0 Å². The molecule has 1 N–H and O–H groups in total. The van der Waals surface area contributed by atoms with Gasteiger partial charge in [-0.25, -0.2) is 5.43 Å². The molecule has 0 bridgehead atoms. The first-order valence-corrected chi connectivity index (χ1v) is 7.61. The Morgan fingerprint density at radius 3 is 2.81 bits per heavy atom. The molecule has 0 fully saturated rings. The summed E-state index contributed by atoms with van der Waals surface area (Å²) in [7, 11) is 3.88. The van der Waals surface area contributed by atoms with Crippen LogP contribution >= 0.6 is 11.3 Å². The summed E-state index contributed by atoms with van der Waals surface area (Å²) in [6.45, 7) is 2.12. The lowest BCUT2D eigenvalue weighted by Crippen LogP contribution is -2.18. The Kier molecular flexibility index (Phi) is 5.11. The van der Waals surface area contributed by atoms with Crippen LogP contribution in [0.3, 0.4) is 0 Å². The highest BCUT2D eigenvalue weighted by atomic mass is 32.1. The van der Waals surface area contributed by atoms with Crippen LogP contribution in [-0.4, -0.2) is 26.2 Å². The number of hydrogen-bond acceptors (Lipinski definition) is 4. The highest BCUT2D eigenvalue weighted by Gasteiger charge is 2.05. The van der Waals surface area contributed by atoms with Crippen LogP contribution in [0, 0.1) is 0 Å². The Balaban J connectivity index is 1.99. The highest BCUT2D eigenvalue weighted by Crippen LogP contribution is 2.15. The fourth-order valence-electron chi connectivity index (χ4n) is 1.80. The van der Waals surface area contributed by atoms with Crippen LogP contribution in [-0.2, 0) is 6.42 Å². The quantitative estimate of drug-likeness (QED) is 0.681. The number of amides is 1. The van der Waals surface area contributed by atoms with Gasteiger partial charge in [-0.3, -0.25) is 4.79 Å². The minimum Gasteiger partial charge on any atom is -0.378 e. The lowest BCUT2D eigenvalue weighted by Gasteiger charge is -2.12. The smallest absolute Gasteiger partial charge is 0.271 e. The van der Waals surface area contributed by atoms with E-state index in [1.165, 1.54) is 4.88 Å². The minimum atomic E-state index is -0.206. The fraction of sp³-hybridized carbons (Fsp3) is 0.250. The molecule has 0 aliphatic heterocycles. The van der Waals surface area contributed by atoms with Gasteiger partial charge in [0.05, 0.1) is 6.21 Å². The van der Waals surface area contributed by atoms with Crippen LogP contribution < -0.4 is 10.3 Å². The van der Waals surface area contributed by atoms with Crippen LogP contribution in [0.1, 0.15) is 27.0 Å². The van der Waals surface area contributed by atoms with Crippen molar-refractivity contribution < 1.29 is 4.79 Å². The van der Waals surface area contributed by atoms with Gasteiger partial charge in [-0.05, 0) is 36.8 Å². The molecule has 110 valence electrons. The van der Waals surface area contributed by atoms with E-state index < -0.39 is 0 Å². The van der Waals surface area contributed by atoms with E-state index in [1.54, 1.807) is 23.6 Å². The lowest BCUT2D eigenvalue weighted by atomic mass is 10.2. The standard InChI is InChI=1S/C16H19N3OS/c1-4-14-8-9-15(21-14)11-17-18-16(20)12-6-5-7-13(10-12)19(2)3/h5-11H,4H2,1-3H3,(H,18,20)/b17-11-. The van der Waals surface area contributed by atoms with Crippen molar-refractivity contribution in [1.82, 2.24) is 5.43 Å². The van der Waals surface area contributed by atoms with E-state index in [1.807, 2.05) is 43.3 Å². The molecule has 5 heteroatoms. The Morgan fingerprint density at radius 1 is 1.33 bits per heavy atom. The van der Waals surface area contributed by atoms with E-state index in [-0.39, 0.29) is 5.91 Å². The molecular weight excluding hydrogens is 282 g/mol. The van der Waals surface area contributed by atoms with Gasteiger partial charge in [0.15, 0.2) is 0 Å². The van der Waals surface area contributed by atoms with Crippen molar-refractivity contribution in [2.45, 2.75) is 13.3 Å². The van der Waals surface area contributed by atoms with Gasteiger partial charge in [-0.1, -0.05) is 13.0 Å². The zero-order chi connectivity index (χ0) is 15.2. The molecular formula is C16H19N3OS. The molecule has 4 nitrogen and oxygen atoms in total. The molecule has 0 aliphatic rings. The Labute approximate surface area is 129 Å². The maximum absolute atomic E-state index is 12.0. The second kappa shape index (κ2) is 7.04. The zero-order valence-corrected chi connectivity index (χ0v) is 13.3. The lowest BCUT2D eigenvalue weighted by molar-refractivity contribution is 0.0955. The molecule has 0 spiro atoms. The van der Waals surface area contributed by atoms with Crippen molar-refractivity contribution in [1.29, 1.82) is 0 Å². The number of aryl methyl sites for hydroxylation is 1. The SMILES string of the molecule is CCc1ccc(/C=N\NC(=O)c2cccc(N(C)C)c2)s1. The van der Waals surface area contributed by atoms with E-state index in [0.29, 0.717) is 5.56 Å². The molecule has 0 atom stereocenters. The molecule has 0 unspecified atom stereocenters. The normalized spacial score (nSPS) is 10.8. The summed E-state index contributed by atoms with van der Waals surface area (Å²) in [5.41, 5.74) is 4.14. The first kappa shape index (κ1) is 15.3. The average molecular weight is 301 g/mol. The first-order chi connectivity index (χ1) is 10.1. The number of hydrogen-bond donors (Lipinski definition) is 1. The van der Waals surface area contributed by atoms with Gasteiger partial charge in [-0.2, -0.15) is 5.10 Å². The van der Waals surface area contributed by atoms with E-state index in [2.05, 4.69) is 23.5 Å². The summed E-state index contributed by atoms with van der Waals surface area (Å²) in [4.78, 5) is 16.3. The molecule has 0 saturated carbocycles. The second-order valence-corrected chi connectivity index (χ2v) is 6.00. The molecule has 21 heavy (non-hydrogen) atoms. The number of hydrazone groups is 1. The molecule has 2 rings (SSSR count). The van der Waals surface area contributed by atoms with Gasteiger partial charge < -0.3 is 4.90 Å². The van der Waals surface area contributed by atoms with Crippen LogP contribution in [0.15, 0.2) is 41.5 Å². The Morgan fingerprint density at radius 2 is 2.14 bits per heavy atom. The van der Waals surface area contributed by atoms with Crippen LogP contribution in [0.25, 0.3) is 0 Å². The summed E-state index contributed by atoms with van der Waals surface area (Å²) in [5, 5.41) is 4.01. The molecule has 0 aliphatic carbocycles. The first-order valence-electron chi connectivity index (χ1n) is 6.79. The number of nitrogens with zero attached hydrogens (tertiary/aromatic N) is 2. The molecule has 0 radical (unpaired) electrons. The predicted molar refractivity (Wildman–Crippen MR) is 89.5 cm³/mol. The highest BCUT2D eigenvalue weighted by molar-refractivity contribution is 7.13. The van der Waals surface area contributed by atoms with Gasteiger partial charge in [-0.15, -0.1) is 11.3 Å². The van der Waals surface area contributed by atoms with E-state index in [0.717, 1.165) is 17.0 Å². The Hall–Kier alpha value is -2.14. The van der Waals surface area contributed by atoms with Crippen molar-refractivity contribution in [3.63, 3.8) is 0 Å². The molecule has 2 aromatic rings. The van der Waals surface area contributed by atoms with Gasteiger partial charge in [0.25, 0.3) is 5.91 Å². The predicted octanol–water partition coefficient (Wildman–Crippen LogP) is 3.14. The fourth-order valence-corrected chi connectivity index (χ4v) is 2.62. The zero-order valence-electron chi connectivity index (χ0n) is 12.5. The summed E-state index contributed by atoms with van der Waals surface area (Å²) in [5.74, 6) is -0.206. The maximum Gasteiger partial charge on any atom is 0.271 e. The van der Waals surface area contributed by atoms with Crippen molar-refractivity contribution in [2.24, 2.45) is 5.10 Å². The molecule has 1 aromatic carbocycles. The third-order valence-corrected chi connectivity index (χ3v) is 4.18. The van der Waals surface area contributed by atoms with Gasteiger partial charge in [0.2, 0.25) is 0 Å². The summed E-state index contributed by atoms with van der Waals surface area (Å²) < 4.78 is 0.